The van der Waals surface area contributed by atoms with E-state index in [0.717, 1.165) is 4.46 Å². The Morgan fingerprint density at radius 3 is 2.64 bits per heavy atom. The van der Waals surface area contributed by atoms with Crippen molar-refractivity contribution in [3.8, 4) is 5.75 Å². The standard InChI is InChI=1S/C18H17N3O3Se/c1-2-15-16(22)20-18(23)21(12-24-13-7-4-3-5-8-13)17(15)25-14-9-6-10-19-11-14/h3-11H,2,12H2,1H3,(H,20,22,23). The second-order valence-electron chi connectivity index (χ2n) is 5.20. The van der Waals surface area contributed by atoms with Gasteiger partial charge in [-0.2, -0.15) is 0 Å². The molecular formula is C18H17N3O3Se. The molecule has 0 radical (unpaired) electrons. The summed E-state index contributed by atoms with van der Waals surface area (Å²) in [6, 6.07) is 13.1. The average molecular weight is 402 g/mol. The summed E-state index contributed by atoms with van der Waals surface area (Å²) in [5, 5.41) is 0. The molecule has 1 aromatic carbocycles. The van der Waals surface area contributed by atoms with Crippen LogP contribution in [0.25, 0.3) is 0 Å². The first kappa shape index (κ1) is 17.2. The number of hydrogen-bond donors (Lipinski definition) is 1. The molecule has 0 aliphatic heterocycles. The topological polar surface area (TPSA) is 77.0 Å². The number of benzene rings is 1. The number of para-hydroxylation sites is 1. The van der Waals surface area contributed by atoms with Crippen LogP contribution in [0.3, 0.4) is 0 Å². The Balaban J connectivity index is 2.00. The van der Waals surface area contributed by atoms with Gasteiger partial charge in [0, 0.05) is 0 Å². The summed E-state index contributed by atoms with van der Waals surface area (Å²) < 4.78 is 8.93. The van der Waals surface area contributed by atoms with Crippen LogP contribution in [-0.4, -0.2) is 29.5 Å². The first-order chi connectivity index (χ1) is 12.2. The van der Waals surface area contributed by atoms with Crippen LogP contribution in [0.4, 0.5) is 0 Å². The summed E-state index contributed by atoms with van der Waals surface area (Å²) in [6.45, 7) is 1.95. The molecule has 3 rings (SSSR count). The van der Waals surface area contributed by atoms with Crippen molar-refractivity contribution in [2.24, 2.45) is 0 Å². The van der Waals surface area contributed by atoms with Gasteiger partial charge in [0.15, 0.2) is 0 Å². The molecule has 0 aliphatic rings. The van der Waals surface area contributed by atoms with Gasteiger partial charge in [0.05, 0.1) is 0 Å². The molecule has 0 spiro atoms. The van der Waals surface area contributed by atoms with Crippen molar-refractivity contribution in [3.05, 3.63) is 81.3 Å². The van der Waals surface area contributed by atoms with Crippen LogP contribution in [0.5, 0.6) is 5.75 Å². The molecule has 7 heteroatoms. The molecule has 0 fully saturated rings. The summed E-state index contributed by atoms with van der Waals surface area (Å²) in [5.74, 6) is 0.665. The molecule has 0 saturated heterocycles. The third-order valence-corrected chi connectivity index (χ3v) is 5.94. The summed E-state index contributed by atoms with van der Waals surface area (Å²) >= 11 is -0.229. The Kier molecular flexibility index (Phi) is 5.48. The molecule has 2 heterocycles. The molecule has 25 heavy (non-hydrogen) atoms. The maximum absolute atomic E-state index is 12.4. The minimum absolute atomic E-state index is 0.0456. The van der Waals surface area contributed by atoms with Crippen LogP contribution in [0.15, 0.2) is 64.4 Å². The van der Waals surface area contributed by atoms with Gasteiger partial charge in [0.2, 0.25) is 0 Å². The molecule has 1 N–H and O–H groups in total. The van der Waals surface area contributed by atoms with E-state index in [9.17, 15) is 9.59 Å². The molecule has 0 atom stereocenters. The number of aromatic amines is 1. The Bertz CT molecular complexity index is 953. The zero-order valence-electron chi connectivity index (χ0n) is 13.6. The summed E-state index contributed by atoms with van der Waals surface area (Å²) in [5.41, 5.74) is -0.178. The van der Waals surface area contributed by atoms with Gasteiger partial charge in [0.1, 0.15) is 0 Å². The number of aromatic nitrogens is 3. The van der Waals surface area contributed by atoms with E-state index >= 15 is 0 Å². The van der Waals surface area contributed by atoms with Crippen LogP contribution in [0, 0.1) is 0 Å². The zero-order valence-corrected chi connectivity index (χ0v) is 15.4. The van der Waals surface area contributed by atoms with Crippen molar-refractivity contribution in [3.63, 3.8) is 0 Å². The molecule has 0 saturated carbocycles. The van der Waals surface area contributed by atoms with E-state index in [4.69, 9.17) is 4.74 Å². The molecular weight excluding hydrogens is 385 g/mol. The number of pyridine rings is 1. The third kappa shape index (κ3) is 4.07. The van der Waals surface area contributed by atoms with Gasteiger partial charge in [0.25, 0.3) is 0 Å². The third-order valence-electron chi connectivity index (χ3n) is 3.55. The molecule has 0 aliphatic carbocycles. The van der Waals surface area contributed by atoms with E-state index in [-0.39, 0.29) is 27.2 Å². The van der Waals surface area contributed by atoms with Gasteiger partial charge in [-0.15, -0.1) is 0 Å². The fraction of sp³-hybridized carbons (Fsp3) is 0.167. The second-order valence-corrected chi connectivity index (χ2v) is 7.43. The SMILES string of the molecule is CCc1c([Se]c2cccnc2)n(COc2ccccc2)c(=O)[nH]c1=O. The van der Waals surface area contributed by atoms with Gasteiger partial charge in [-0.3, -0.25) is 0 Å². The van der Waals surface area contributed by atoms with Crippen LogP contribution < -0.4 is 25.0 Å². The van der Waals surface area contributed by atoms with Crippen LogP contribution in [0.2, 0.25) is 0 Å². The van der Waals surface area contributed by atoms with Crippen molar-refractivity contribution < 1.29 is 4.74 Å². The molecule has 2 aromatic heterocycles. The van der Waals surface area contributed by atoms with E-state index in [1.165, 1.54) is 4.57 Å². The van der Waals surface area contributed by atoms with Crippen molar-refractivity contribution in [1.29, 1.82) is 0 Å². The fourth-order valence-corrected chi connectivity index (χ4v) is 4.60. The molecule has 0 bridgehead atoms. The van der Waals surface area contributed by atoms with Gasteiger partial charge >= 0.3 is 150 Å². The van der Waals surface area contributed by atoms with Crippen molar-refractivity contribution in [2.75, 3.05) is 0 Å². The Labute approximate surface area is 150 Å². The number of H-pyrrole nitrogens is 1. The average Bonchev–Trinajstić information content (AvgIpc) is 2.63. The van der Waals surface area contributed by atoms with Gasteiger partial charge < -0.3 is 0 Å². The monoisotopic (exact) mass is 403 g/mol. The number of hydrogen-bond acceptors (Lipinski definition) is 4. The van der Waals surface area contributed by atoms with Crippen molar-refractivity contribution in [2.45, 2.75) is 20.1 Å². The van der Waals surface area contributed by atoms with Crippen LogP contribution >= 0.6 is 0 Å². The second kappa shape index (κ2) is 7.96. The number of rotatable bonds is 6. The Morgan fingerprint density at radius 1 is 1.16 bits per heavy atom. The maximum atomic E-state index is 12.4. The molecule has 128 valence electrons. The first-order valence-electron chi connectivity index (χ1n) is 7.80. The van der Waals surface area contributed by atoms with E-state index in [1.807, 2.05) is 49.4 Å². The van der Waals surface area contributed by atoms with Gasteiger partial charge in [-0.1, -0.05) is 0 Å². The normalized spacial score (nSPS) is 10.6. The summed E-state index contributed by atoms with van der Waals surface area (Å²) in [7, 11) is 0. The Hall–Kier alpha value is -2.63. The molecule has 3 aromatic rings. The van der Waals surface area contributed by atoms with E-state index in [0.29, 0.717) is 22.3 Å². The summed E-state index contributed by atoms with van der Waals surface area (Å²) in [6.07, 6.45) is 4.00. The number of ether oxygens (including phenoxy) is 1. The van der Waals surface area contributed by atoms with Gasteiger partial charge in [-0.25, -0.2) is 0 Å². The predicted molar refractivity (Wildman–Crippen MR) is 97.0 cm³/mol. The van der Waals surface area contributed by atoms with Crippen molar-refractivity contribution in [1.82, 2.24) is 14.5 Å². The Morgan fingerprint density at radius 2 is 1.96 bits per heavy atom. The predicted octanol–water partition coefficient (Wildman–Crippen LogP) is 0.186. The molecule has 0 amide bonds. The van der Waals surface area contributed by atoms with E-state index in [2.05, 4.69) is 9.97 Å². The minimum atomic E-state index is -0.459. The number of nitrogens with one attached hydrogen (secondary N) is 1. The van der Waals surface area contributed by atoms with Crippen LogP contribution in [0.1, 0.15) is 12.5 Å². The van der Waals surface area contributed by atoms with E-state index in [1.54, 1.807) is 12.4 Å². The zero-order chi connectivity index (χ0) is 17.6. The quantitative estimate of drug-likeness (QED) is 0.597. The summed E-state index contributed by atoms with van der Waals surface area (Å²) in [4.78, 5) is 31.1. The van der Waals surface area contributed by atoms with Crippen molar-refractivity contribution >= 4 is 24.0 Å². The fourth-order valence-electron chi connectivity index (χ4n) is 2.31. The van der Waals surface area contributed by atoms with Gasteiger partial charge in [-0.05, 0) is 0 Å². The molecule has 6 nitrogen and oxygen atoms in total. The molecule has 0 unspecified atom stereocenters. The van der Waals surface area contributed by atoms with Crippen LogP contribution in [-0.2, 0) is 13.2 Å². The van der Waals surface area contributed by atoms with E-state index < -0.39 is 5.69 Å². The first-order valence-corrected chi connectivity index (χ1v) is 9.52. The number of nitrogens with zero attached hydrogens (tertiary/aromatic N) is 2.